The van der Waals surface area contributed by atoms with E-state index >= 15 is 0 Å². The lowest BCUT2D eigenvalue weighted by molar-refractivity contribution is -0.164. The van der Waals surface area contributed by atoms with Crippen LogP contribution < -0.4 is 25.6 Å². The summed E-state index contributed by atoms with van der Waals surface area (Å²) < 4.78 is 6.39. The maximum Gasteiger partial charge on any atom is 0.253 e. The molecule has 19 heteroatoms. The number of rotatable bonds is 16. The number of piperazine rings is 2. The molecular weight excluding hydrogens is 972 g/mol. The number of aromatic nitrogens is 3. The number of hydrogen-bond donors (Lipinski definition) is 5. The highest BCUT2D eigenvalue weighted by Crippen LogP contribution is 2.55. The molecule has 3 saturated heterocycles. The molecule has 2 aromatic heterocycles. The number of ether oxygens (including phenoxy) is 1. The molecule has 402 valence electrons. The van der Waals surface area contributed by atoms with Crippen LogP contribution in [0.2, 0.25) is 5.02 Å². The number of carbonyl (C=O) groups is 4. The van der Waals surface area contributed by atoms with E-state index in [1.807, 2.05) is 71.0 Å². The molecule has 8 rings (SSSR count). The number of nitrogens with zero attached hydrogens (tertiary/aromatic N) is 8. The fourth-order valence-corrected chi connectivity index (χ4v) is 11.9. The van der Waals surface area contributed by atoms with Crippen LogP contribution in [0.25, 0.3) is 11.3 Å². The molecule has 0 bridgehead atoms. The van der Waals surface area contributed by atoms with Crippen LogP contribution in [0.15, 0.2) is 67.1 Å². The highest BCUT2D eigenvalue weighted by Gasteiger charge is 2.64. The number of imidazole rings is 1. The smallest absolute Gasteiger partial charge is 0.253 e. The van der Waals surface area contributed by atoms with Crippen LogP contribution in [0, 0.1) is 34.5 Å². The van der Waals surface area contributed by atoms with E-state index in [9.17, 15) is 29.5 Å². The van der Waals surface area contributed by atoms with Gasteiger partial charge in [0.25, 0.3) is 5.91 Å². The molecule has 4 amide bonds. The number of β-amino-alcohol motifs (C(OH)–C–C–N with tert-alkyl or cyclic N) is 1. The predicted molar refractivity (Wildman–Crippen MR) is 288 cm³/mol. The van der Waals surface area contributed by atoms with Crippen LogP contribution in [-0.4, -0.2) is 172 Å². The van der Waals surface area contributed by atoms with Gasteiger partial charge in [0, 0.05) is 108 Å². The Hall–Kier alpha value is -6.10. The summed E-state index contributed by atoms with van der Waals surface area (Å²) in [5, 5.41) is 29.7. The van der Waals surface area contributed by atoms with Crippen LogP contribution in [-0.2, 0) is 14.4 Å². The second-order valence-corrected chi connectivity index (χ2v) is 23.5. The van der Waals surface area contributed by atoms with Gasteiger partial charge in [-0.1, -0.05) is 84.3 Å². The number of pyridine rings is 1. The first-order valence-electron chi connectivity index (χ1n) is 26.3. The van der Waals surface area contributed by atoms with Gasteiger partial charge in [0.05, 0.1) is 52.6 Å². The van der Waals surface area contributed by atoms with Crippen molar-refractivity contribution in [2.45, 2.75) is 105 Å². The molecular formula is C56H75ClN12O6. The van der Waals surface area contributed by atoms with Crippen molar-refractivity contribution in [2.24, 2.45) is 16.2 Å². The molecule has 5 heterocycles. The van der Waals surface area contributed by atoms with Gasteiger partial charge >= 0.3 is 0 Å². The lowest BCUT2D eigenvalue weighted by atomic mass is 9.49. The zero-order valence-electron chi connectivity index (χ0n) is 45.0. The number of aliphatic hydroxyl groups is 1. The maximum absolute atomic E-state index is 14.3. The molecule has 4 aromatic rings. The Morgan fingerprint density at radius 3 is 2.11 bits per heavy atom. The molecule has 3 aliphatic heterocycles. The van der Waals surface area contributed by atoms with E-state index in [1.54, 1.807) is 30.7 Å². The molecule has 1 aliphatic carbocycles. The Bertz CT molecular complexity index is 2700. The lowest BCUT2D eigenvalue weighted by Crippen LogP contribution is -2.74. The number of amides is 4. The number of halogens is 1. The van der Waals surface area contributed by atoms with Crippen molar-refractivity contribution in [3.63, 3.8) is 0 Å². The molecule has 0 spiro atoms. The third-order valence-corrected chi connectivity index (χ3v) is 16.2. The number of nitriles is 1. The second-order valence-electron chi connectivity index (χ2n) is 23.1. The molecule has 4 fully saturated rings. The van der Waals surface area contributed by atoms with Gasteiger partial charge in [0.1, 0.15) is 35.8 Å². The topological polar surface area (TPSA) is 215 Å². The summed E-state index contributed by atoms with van der Waals surface area (Å²) in [7, 11) is 0. The van der Waals surface area contributed by atoms with E-state index in [4.69, 9.17) is 21.3 Å². The number of H-pyrrole nitrogens is 1. The minimum Gasteiger partial charge on any atom is -0.489 e. The van der Waals surface area contributed by atoms with Crippen molar-refractivity contribution >= 4 is 41.0 Å². The normalized spacial score (nSPS) is 22.9. The Kier molecular flexibility index (Phi) is 16.6. The Morgan fingerprint density at radius 1 is 0.893 bits per heavy atom. The van der Waals surface area contributed by atoms with E-state index in [2.05, 4.69) is 79.3 Å². The molecule has 1 unspecified atom stereocenters. The summed E-state index contributed by atoms with van der Waals surface area (Å²) >= 11 is 6.27. The van der Waals surface area contributed by atoms with E-state index in [0.29, 0.717) is 21.9 Å². The summed E-state index contributed by atoms with van der Waals surface area (Å²) in [5.41, 5.74) is 3.18. The van der Waals surface area contributed by atoms with Gasteiger partial charge in [-0.3, -0.25) is 33.9 Å². The van der Waals surface area contributed by atoms with Crippen molar-refractivity contribution in [3.8, 4) is 23.1 Å². The van der Waals surface area contributed by atoms with Crippen molar-refractivity contribution in [1.29, 1.82) is 5.26 Å². The molecule has 4 atom stereocenters. The lowest BCUT2D eigenvalue weighted by Gasteiger charge is -2.63. The number of anilines is 1. The SMILES string of the molecule is Cc1nc[nH]c1-c1ccc([C@H](C)NC(=O)[C@@H]2C[C@@H](O)CN2C(=O)C(NC(=O)CN2CCN(CCN3CCN(c4ccc(C(=O)N[C@H]5C(C)(C)[C@H](Oc6ccc(C#N)c(Cl)c6)C5(C)C)cn4)CC3)CC2)C(C)(C)C)cc1. The Balaban J connectivity index is 0.743. The fraction of sp³-hybridized carbons (Fsp3) is 0.554. The number of likely N-dealkylation sites (tertiary alicyclic amines) is 1. The van der Waals surface area contributed by atoms with Gasteiger partial charge < -0.3 is 40.6 Å². The average Bonchev–Trinajstić information content (AvgIpc) is 4.00. The number of carbonyl (C=O) groups excluding carboxylic acids is 4. The second kappa shape index (κ2) is 22.6. The zero-order chi connectivity index (χ0) is 54.0. The number of aromatic amines is 1. The minimum absolute atomic E-state index is 0.00919. The van der Waals surface area contributed by atoms with Gasteiger partial charge in [0.2, 0.25) is 17.7 Å². The van der Waals surface area contributed by atoms with Crippen molar-refractivity contribution < 1.29 is 29.0 Å². The van der Waals surface area contributed by atoms with Gasteiger partial charge in [-0.15, -0.1) is 0 Å². The Labute approximate surface area is 446 Å². The molecule has 5 N–H and O–H groups in total. The summed E-state index contributed by atoms with van der Waals surface area (Å²) in [6, 6.07) is 16.5. The van der Waals surface area contributed by atoms with E-state index in [0.717, 1.165) is 93.8 Å². The number of aryl methyl sites for hydroxylation is 1. The van der Waals surface area contributed by atoms with E-state index in [1.165, 1.54) is 4.90 Å². The van der Waals surface area contributed by atoms with Crippen molar-refractivity contribution in [3.05, 3.63) is 94.5 Å². The molecule has 1 saturated carbocycles. The Morgan fingerprint density at radius 2 is 1.53 bits per heavy atom. The first-order valence-corrected chi connectivity index (χ1v) is 26.6. The van der Waals surface area contributed by atoms with Crippen LogP contribution >= 0.6 is 11.6 Å². The van der Waals surface area contributed by atoms with Crippen LogP contribution in [0.5, 0.6) is 5.75 Å². The average molecular weight is 1050 g/mol. The van der Waals surface area contributed by atoms with Gasteiger partial charge in [-0.2, -0.15) is 5.26 Å². The number of nitrogens with one attached hydrogen (secondary N) is 4. The zero-order valence-corrected chi connectivity index (χ0v) is 45.7. The molecule has 4 aliphatic rings. The monoisotopic (exact) mass is 1050 g/mol. The number of hydrogen-bond acceptors (Lipinski definition) is 13. The number of aliphatic hydroxyl groups excluding tert-OH is 1. The highest BCUT2D eigenvalue weighted by atomic mass is 35.5. The third kappa shape index (κ3) is 12.4. The first kappa shape index (κ1) is 55.1. The van der Waals surface area contributed by atoms with Crippen molar-refractivity contribution in [2.75, 3.05) is 83.4 Å². The summed E-state index contributed by atoms with van der Waals surface area (Å²) in [4.78, 5) is 78.0. The van der Waals surface area contributed by atoms with E-state index in [-0.39, 0.29) is 72.2 Å². The van der Waals surface area contributed by atoms with Crippen molar-refractivity contribution in [1.82, 2.24) is 50.5 Å². The molecule has 75 heavy (non-hydrogen) atoms. The fourth-order valence-electron chi connectivity index (χ4n) is 11.7. The van der Waals surface area contributed by atoms with Crippen LogP contribution in [0.1, 0.15) is 95.0 Å². The summed E-state index contributed by atoms with van der Waals surface area (Å²) in [6.45, 7) is 26.4. The van der Waals surface area contributed by atoms with Crippen LogP contribution in [0.3, 0.4) is 0 Å². The van der Waals surface area contributed by atoms with E-state index < -0.39 is 23.6 Å². The van der Waals surface area contributed by atoms with Gasteiger partial charge in [-0.25, -0.2) is 9.97 Å². The summed E-state index contributed by atoms with van der Waals surface area (Å²) in [5.74, 6) is 0.266. The molecule has 0 radical (unpaired) electrons. The summed E-state index contributed by atoms with van der Waals surface area (Å²) in [6.07, 6.45) is 2.36. The largest absolute Gasteiger partial charge is 0.489 e. The third-order valence-electron chi connectivity index (χ3n) is 15.9. The van der Waals surface area contributed by atoms with Gasteiger partial charge in [0.15, 0.2) is 0 Å². The highest BCUT2D eigenvalue weighted by molar-refractivity contribution is 6.31. The minimum atomic E-state index is -0.900. The standard InChI is InChI=1S/C56H75ClN12O6/c1-35(37-10-12-38(13-11-37)47-36(2)60-34-61-47)62-50(73)44-28-41(70)32-69(44)51(74)48(54(3,4)5)63-46(71)33-67-22-20-65(21-23-67)18-19-66-24-26-68(27-25-66)45-17-15-40(31-59-45)49(72)64-52-55(6,7)53(56(52,8)9)75-42-16-14-39(30-58)43(57)29-42/h10-17,29,31,34-35,41,44,48,52-53,70H,18-28,32-33H2,1-9H3,(H,60,61)(H,62,73)(H,63,71)(H,64,72)/t35-,41+,44-,48?,52-,53-/m0/s1. The molecule has 2 aromatic carbocycles. The quantitative estimate of drug-likeness (QED) is 0.0998. The number of benzene rings is 2. The van der Waals surface area contributed by atoms with Gasteiger partial charge in [-0.05, 0) is 54.7 Å². The predicted octanol–water partition coefficient (Wildman–Crippen LogP) is 5.03. The maximum atomic E-state index is 14.3. The molecule has 18 nitrogen and oxygen atoms in total. The van der Waals surface area contributed by atoms with Crippen LogP contribution in [0.4, 0.5) is 5.82 Å². The first-order chi connectivity index (χ1) is 35.5.